The predicted octanol–water partition coefficient (Wildman–Crippen LogP) is 2.79. The van der Waals surface area contributed by atoms with E-state index in [4.69, 9.17) is 0 Å². The van der Waals surface area contributed by atoms with Crippen LogP contribution in [0.15, 0.2) is 0 Å². The molecule has 1 fully saturated rings. The van der Waals surface area contributed by atoms with Gasteiger partial charge in [0, 0.05) is 12.1 Å². The van der Waals surface area contributed by atoms with Crippen LogP contribution in [0.4, 0.5) is 13.2 Å². The molecule has 1 N–H and O–H groups in total. The third kappa shape index (κ3) is 5.25. The molecule has 0 aromatic carbocycles. The van der Waals surface area contributed by atoms with Gasteiger partial charge in [-0.15, -0.1) is 0 Å². The fourth-order valence-electron chi connectivity index (χ4n) is 2.73. The quantitative estimate of drug-likeness (QED) is 0.831. The zero-order valence-electron chi connectivity index (χ0n) is 10.7. The number of halogens is 3. The summed E-state index contributed by atoms with van der Waals surface area (Å²) in [5, 5.41) is 3.18. The molecular formula is C12H23F3N2. The van der Waals surface area contributed by atoms with Crippen molar-refractivity contribution in [2.24, 2.45) is 0 Å². The summed E-state index contributed by atoms with van der Waals surface area (Å²) in [4.78, 5) is 1.46. The average Bonchev–Trinajstić information content (AvgIpc) is 2.14. The number of nitrogens with one attached hydrogen (secondary N) is 1. The molecule has 1 aliphatic carbocycles. The van der Waals surface area contributed by atoms with E-state index in [1.165, 1.54) is 11.3 Å². The highest BCUT2D eigenvalue weighted by molar-refractivity contribution is 4.84. The Balaban J connectivity index is 2.60. The molecule has 0 bridgehead atoms. The van der Waals surface area contributed by atoms with Gasteiger partial charge in [-0.1, -0.05) is 25.7 Å². The molecule has 1 aliphatic rings. The SMILES string of the molecule is CNC1CCCCCCC1N(C)CC(F)(F)F. The topological polar surface area (TPSA) is 15.3 Å². The van der Waals surface area contributed by atoms with Crippen molar-refractivity contribution in [3.8, 4) is 0 Å². The Morgan fingerprint density at radius 2 is 1.71 bits per heavy atom. The standard InChI is InChI=1S/C12H23F3N2/c1-16-10-7-5-3-4-6-8-11(10)17(2)9-12(13,14)15/h10-11,16H,3-9H2,1-2H3. The molecule has 2 nitrogen and oxygen atoms in total. The summed E-state index contributed by atoms with van der Waals surface area (Å²) >= 11 is 0. The number of rotatable bonds is 3. The molecule has 0 aromatic heterocycles. The van der Waals surface area contributed by atoms with Gasteiger partial charge in [0.15, 0.2) is 0 Å². The summed E-state index contributed by atoms with van der Waals surface area (Å²) < 4.78 is 37.2. The molecule has 5 heteroatoms. The average molecular weight is 252 g/mol. The number of hydrogen-bond acceptors (Lipinski definition) is 2. The molecule has 1 rings (SSSR count). The first-order valence-corrected chi connectivity index (χ1v) is 6.38. The predicted molar refractivity (Wildman–Crippen MR) is 63.0 cm³/mol. The first kappa shape index (κ1) is 14.8. The van der Waals surface area contributed by atoms with Crippen molar-refractivity contribution >= 4 is 0 Å². The Morgan fingerprint density at radius 1 is 1.12 bits per heavy atom. The van der Waals surface area contributed by atoms with Crippen molar-refractivity contribution in [3.05, 3.63) is 0 Å². The van der Waals surface area contributed by atoms with E-state index in [1.807, 2.05) is 7.05 Å². The molecule has 102 valence electrons. The molecule has 0 spiro atoms. The van der Waals surface area contributed by atoms with Gasteiger partial charge < -0.3 is 5.32 Å². The molecule has 0 heterocycles. The van der Waals surface area contributed by atoms with Crippen LogP contribution in [0.3, 0.4) is 0 Å². The molecule has 0 radical (unpaired) electrons. The van der Waals surface area contributed by atoms with E-state index >= 15 is 0 Å². The summed E-state index contributed by atoms with van der Waals surface area (Å²) in [6, 6.07) is 0.185. The Labute approximate surface area is 102 Å². The van der Waals surface area contributed by atoms with E-state index < -0.39 is 12.7 Å². The highest BCUT2D eigenvalue weighted by atomic mass is 19.4. The number of alkyl halides is 3. The van der Waals surface area contributed by atoms with Gasteiger partial charge in [0.1, 0.15) is 0 Å². The van der Waals surface area contributed by atoms with Gasteiger partial charge in [-0.3, -0.25) is 4.90 Å². The van der Waals surface area contributed by atoms with E-state index in [0.717, 1.165) is 32.1 Å². The van der Waals surface area contributed by atoms with E-state index in [-0.39, 0.29) is 12.1 Å². The van der Waals surface area contributed by atoms with Crippen molar-refractivity contribution in [1.82, 2.24) is 10.2 Å². The van der Waals surface area contributed by atoms with Crippen LogP contribution >= 0.6 is 0 Å². The van der Waals surface area contributed by atoms with E-state index in [2.05, 4.69) is 5.32 Å². The van der Waals surface area contributed by atoms with Gasteiger partial charge in [-0.2, -0.15) is 13.2 Å². The van der Waals surface area contributed by atoms with Crippen LogP contribution in [0, 0.1) is 0 Å². The molecule has 0 saturated heterocycles. The van der Waals surface area contributed by atoms with Crippen molar-refractivity contribution in [3.63, 3.8) is 0 Å². The highest BCUT2D eigenvalue weighted by Gasteiger charge is 2.34. The molecule has 0 amide bonds. The maximum Gasteiger partial charge on any atom is 0.401 e. The first-order valence-electron chi connectivity index (χ1n) is 6.38. The molecule has 1 saturated carbocycles. The lowest BCUT2D eigenvalue weighted by atomic mass is 9.91. The Bertz CT molecular complexity index is 218. The van der Waals surface area contributed by atoms with Crippen molar-refractivity contribution < 1.29 is 13.2 Å². The minimum atomic E-state index is -4.10. The molecule has 2 unspecified atom stereocenters. The van der Waals surface area contributed by atoms with E-state index in [9.17, 15) is 13.2 Å². The third-order valence-electron chi connectivity index (χ3n) is 3.60. The van der Waals surface area contributed by atoms with Crippen molar-refractivity contribution in [2.75, 3.05) is 20.6 Å². The monoisotopic (exact) mass is 252 g/mol. The van der Waals surface area contributed by atoms with Crippen LogP contribution in [-0.2, 0) is 0 Å². The molecule has 2 atom stereocenters. The minimum absolute atomic E-state index is 0.00178. The molecular weight excluding hydrogens is 229 g/mol. The van der Waals surface area contributed by atoms with Gasteiger partial charge in [-0.25, -0.2) is 0 Å². The van der Waals surface area contributed by atoms with Gasteiger partial charge >= 0.3 is 6.18 Å². The van der Waals surface area contributed by atoms with Crippen LogP contribution in [-0.4, -0.2) is 43.8 Å². The molecule has 17 heavy (non-hydrogen) atoms. The summed E-state index contributed by atoms with van der Waals surface area (Å²) in [6.07, 6.45) is 2.23. The smallest absolute Gasteiger partial charge is 0.315 e. The van der Waals surface area contributed by atoms with Gasteiger partial charge in [0.2, 0.25) is 0 Å². The largest absolute Gasteiger partial charge is 0.401 e. The van der Waals surface area contributed by atoms with Crippen molar-refractivity contribution in [1.29, 1.82) is 0 Å². The van der Waals surface area contributed by atoms with Gasteiger partial charge in [0.05, 0.1) is 6.54 Å². The van der Waals surface area contributed by atoms with Crippen LogP contribution in [0.2, 0.25) is 0 Å². The second-order valence-electron chi connectivity index (χ2n) is 4.98. The summed E-state index contributed by atoms with van der Waals surface area (Å²) in [6.45, 7) is -0.810. The number of nitrogens with zero attached hydrogens (tertiary/aromatic N) is 1. The third-order valence-corrected chi connectivity index (χ3v) is 3.60. The fourth-order valence-corrected chi connectivity index (χ4v) is 2.73. The Kier molecular flexibility index (Phi) is 5.73. The second-order valence-corrected chi connectivity index (χ2v) is 4.98. The zero-order chi connectivity index (χ0) is 12.9. The van der Waals surface area contributed by atoms with Gasteiger partial charge in [0.25, 0.3) is 0 Å². The van der Waals surface area contributed by atoms with E-state index in [0.29, 0.717) is 0 Å². The second kappa shape index (κ2) is 6.59. The van der Waals surface area contributed by atoms with Crippen molar-refractivity contribution in [2.45, 2.75) is 56.8 Å². The Hall–Kier alpha value is -0.290. The van der Waals surface area contributed by atoms with Gasteiger partial charge in [-0.05, 0) is 26.9 Å². The maximum atomic E-state index is 12.4. The first-order chi connectivity index (χ1) is 7.94. The van der Waals surface area contributed by atoms with Crippen LogP contribution in [0.1, 0.15) is 38.5 Å². The lowest BCUT2D eigenvalue weighted by molar-refractivity contribution is -0.149. The normalized spacial score (nSPS) is 27.9. The summed E-state index contributed by atoms with van der Waals surface area (Å²) in [7, 11) is 3.44. The number of hydrogen-bond donors (Lipinski definition) is 1. The van der Waals surface area contributed by atoms with Crippen LogP contribution < -0.4 is 5.32 Å². The van der Waals surface area contributed by atoms with Crippen LogP contribution in [0.5, 0.6) is 0 Å². The molecule has 0 aliphatic heterocycles. The number of likely N-dealkylation sites (N-methyl/N-ethyl adjacent to an activating group) is 2. The Morgan fingerprint density at radius 3 is 2.24 bits per heavy atom. The lowest BCUT2D eigenvalue weighted by Crippen LogP contribution is -2.50. The van der Waals surface area contributed by atoms with E-state index in [1.54, 1.807) is 7.05 Å². The molecule has 0 aromatic rings. The summed E-state index contributed by atoms with van der Waals surface area (Å²) in [5.74, 6) is 0. The summed E-state index contributed by atoms with van der Waals surface area (Å²) in [5.41, 5.74) is 0. The fraction of sp³-hybridized carbons (Fsp3) is 1.00. The van der Waals surface area contributed by atoms with Crippen LogP contribution in [0.25, 0.3) is 0 Å². The minimum Gasteiger partial charge on any atom is -0.315 e. The highest BCUT2D eigenvalue weighted by Crippen LogP contribution is 2.24. The zero-order valence-corrected chi connectivity index (χ0v) is 10.7. The maximum absolute atomic E-state index is 12.4. The lowest BCUT2D eigenvalue weighted by Gasteiger charge is -2.36.